The van der Waals surface area contributed by atoms with Gasteiger partial charge in [-0.2, -0.15) is 0 Å². The van der Waals surface area contributed by atoms with E-state index in [1.807, 2.05) is 0 Å². The van der Waals surface area contributed by atoms with E-state index in [9.17, 15) is 22.0 Å². The van der Waals surface area contributed by atoms with E-state index >= 15 is 0 Å². The topological polar surface area (TPSA) is 72.9 Å². The number of esters is 1. The lowest BCUT2D eigenvalue weighted by Gasteiger charge is -2.25. The van der Waals surface area contributed by atoms with Crippen molar-refractivity contribution in [3.8, 4) is 16.9 Å². The van der Waals surface area contributed by atoms with E-state index < -0.39 is 33.7 Å². The molecule has 1 aliphatic rings. The third kappa shape index (κ3) is 3.69. The van der Waals surface area contributed by atoms with Gasteiger partial charge in [-0.05, 0) is 53.6 Å². The molecular formula is C23H19F2NO5S. The van der Waals surface area contributed by atoms with E-state index in [4.69, 9.17) is 9.47 Å². The summed E-state index contributed by atoms with van der Waals surface area (Å²) < 4.78 is 65.4. The van der Waals surface area contributed by atoms with Crippen LogP contribution in [0.5, 0.6) is 5.75 Å². The number of ether oxygens (including phenoxy) is 2. The lowest BCUT2D eigenvalue weighted by atomic mass is 10.1. The third-order valence-electron chi connectivity index (χ3n) is 5.35. The van der Waals surface area contributed by atoms with Gasteiger partial charge in [-0.1, -0.05) is 12.1 Å². The van der Waals surface area contributed by atoms with E-state index in [0.29, 0.717) is 22.6 Å². The van der Waals surface area contributed by atoms with Crippen molar-refractivity contribution in [2.45, 2.75) is 17.4 Å². The maximum atomic E-state index is 14.1. The lowest BCUT2D eigenvalue weighted by Crippen LogP contribution is -2.43. The van der Waals surface area contributed by atoms with E-state index in [1.165, 1.54) is 44.6 Å². The van der Waals surface area contributed by atoms with Crippen LogP contribution in [0.4, 0.5) is 14.5 Å². The summed E-state index contributed by atoms with van der Waals surface area (Å²) in [5.74, 6) is -1.61. The number of fused-ring (bicyclic) bond motifs is 1. The molecule has 0 bridgehead atoms. The number of halogens is 2. The van der Waals surface area contributed by atoms with E-state index in [2.05, 4.69) is 0 Å². The molecule has 3 aromatic rings. The molecule has 32 heavy (non-hydrogen) atoms. The maximum absolute atomic E-state index is 14.1. The minimum Gasteiger partial charge on any atom is -0.497 e. The highest BCUT2D eigenvalue weighted by atomic mass is 32.2. The Bertz CT molecular complexity index is 1290. The monoisotopic (exact) mass is 459 g/mol. The Hall–Kier alpha value is -3.46. The highest BCUT2D eigenvalue weighted by Gasteiger charge is 2.43. The molecule has 6 nitrogen and oxygen atoms in total. The van der Waals surface area contributed by atoms with Crippen molar-refractivity contribution < 1.29 is 31.5 Å². The second kappa shape index (κ2) is 8.23. The Morgan fingerprint density at radius 3 is 2.34 bits per heavy atom. The van der Waals surface area contributed by atoms with Gasteiger partial charge in [0.25, 0.3) is 10.0 Å². The average molecular weight is 459 g/mol. The van der Waals surface area contributed by atoms with Gasteiger partial charge in [-0.3, -0.25) is 4.31 Å². The SMILES string of the molecule is COC(=O)C1Cc2cc(OC)ccc2N1S(=O)(=O)c1ccc(-c2ccc(F)cc2F)cc1. The van der Waals surface area contributed by atoms with Crippen molar-refractivity contribution in [2.24, 2.45) is 0 Å². The number of sulfonamides is 1. The molecule has 0 fully saturated rings. The molecule has 1 heterocycles. The highest BCUT2D eigenvalue weighted by Crippen LogP contribution is 2.39. The molecular weight excluding hydrogens is 440 g/mol. The van der Waals surface area contributed by atoms with E-state index in [1.54, 1.807) is 18.2 Å². The fourth-order valence-electron chi connectivity index (χ4n) is 3.78. The Labute approximate surface area is 184 Å². The number of anilines is 1. The number of methoxy groups -OCH3 is 2. The van der Waals surface area contributed by atoms with Gasteiger partial charge in [0.2, 0.25) is 0 Å². The molecule has 1 unspecified atom stereocenters. The van der Waals surface area contributed by atoms with Gasteiger partial charge in [-0.15, -0.1) is 0 Å². The van der Waals surface area contributed by atoms with Crippen molar-refractivity contribution in [1.29, 1.82) is 0 Å². The first-order valence-corrected chi connectivity index (χ1v) is 11.0. The molecule has 0 N–H and O–H groups in total. The first kappa shape index (κ1) is 21.8. The predicted molar refractivity (Wildman–Crippen MR) is 114 cm³/mol. The van der Waals surface area contributed by atoms with Crippen LogP contribution in [0.1, 0.15) is 5.56 Å². The van der Waals surface area contributed by atoms with Crippen LogP contribution in [0.3, 0.4) is 0 Å². The Morgan fingerprint density at radius 2 is 1.72 bits per heavy atom. The van der Waals surface area contributed by atoms with Gasteiger partial charge < -0.3 is 9.47 Å². The van der Waals surface area contributed by atoms with Crippen LogP contribution >= 0.6 is 0 Å². The van der Waals surface area contributed by atoms with Crippen LogP contribution < -0.4 is 9.04 Å². The second-order valence-corrected chi connectivity index (χ2v) is 9.00. The Balaban J connectivity index is 1.75. The molecule has 4 rings (SSSR count). The fraction of sp³-hybridized carbons (Fsp3) is 0.174. The Kier molecular flexibility index (Phi) is 5.60. The molecule has 3 aromatic carbocycles. The van der Waals surface area contributed by atoms with Crippen molar-refractivity contribution >= 4 is 21.7 Å². The minimum atomic E-state index is -4.15. The molecule has 0 saturated carbocycles. The Morgan fingerprint density at radius 1 is 1.00 bits per heavy atom. The van der Waals surface area contributed by atoms with Gasteiger partial charge in [0, 0.05) is 18.1 Å². The molecule has 1 atom stereocenters. The number of carbonyl (C=O) groups excluding carboxylic acids is 1. The van der Waals surface area contributed by atoms with Crippen LogP contribution in [0.2, 0.25) is 0 Å². The number of benzene rings is 3. The lowest BCUT2D eigenvalue weighted by molar-refractivity contribution is -0.141. The molecule has 166 valence electrons. The molecule has 0 aliphatic carbocycles. The average Bonchev–Trinajstić information content (AvgIpc) is 3.18. The van der Waals surface area contributed by atoms with Crippen LogP contribution in [0.15, 0.2) is 65.6 Å². The molecule has 1 aliphatic heterocycles. The molecule has 0 amide bonds. The number of rotatable bonds is 5. The summed E-state index contributed by atoms with van der Waals surface area (Å²) >= 11 is 0. The zero-order chi connectivity index (χ0) is 23.0. The minimum absolute atomic E-state index is 0.0821. The molecule has 0 aromatic heterocycles. The van der Waals surface area contributed by atoms with E-state index in [0.717, 1.165) is 16.4 Å². The van der Waals surface area contributed by atoms with Gasteiger partial charge in [-0.25, -0.2) is 22.0 Å². The summed E-state index contributed by atoms with van der Waals surface area (Å²) in [5.41, 5.74) is 1.52. The summed E-state index contributed by atoms with van der Waals surface area (Å²) in [7, 11) is -1.46. The first-order valence-electron chi connectivity index (χ1n) is 9.61. The van der Waals surface area contributed by atoms with Gasteiger partial charge in [0.1, 0.15) is 23.4 Å². The summed E-state index contributed by atoms with van der Waals surface area (Å²) in [6.07, 6.45) is 0.136. The maximum Gasteiger partial charge on any atom is 0.330 e. The third-order valence-corrected chi connectivity index (χ3v) is 7.18. The molecule has 0 radical (unpaired) electrons. The number of carbonyl (C=O) groups is 1. The molecule has 0 saturated heterocycles. The zero-order valence-electron chi connectivity index (χ0n) is 17.2. The smallest absolute Gasteiger partial charge is 0.330 e. The van der Waals surface area contributed by atoms with Gasteiger partial charge in [0.05, 0.1) is 24.8 Å². The largest absolute Gasteiger partial charge is 0.497 e. The van der Waals surface area contributed by atoms with Crippen molar-refractivity contribution in [3.63, 3.8) is 0 Å². The van der Waals surface area contributed by atoms with Crippen molar-refractivity contribution in [2.75, 3.05) is 18.5 Å². The quantitative estimate of drug-likeness (QED) is 0.541. The summed E-state index contributed by atoms with van der Waals surface area (Å²) in [6, 6.07) is 12.5. The standard InChI is InChI=1S/C23H19F2NO5S/c1-30-17-6-10-21-15(11-17)12-22(23(27)31-2)26(21)32(28,29)18-7-3-14(4-8-18)19-9-5-16(24)13-20(19)25/h3-11,13,22H,12H2,1-2H3. The zero-order valence-corrected chi connectivity index (χ0v) is 18.0. The highest BCUT2D eigenvalue weighted by molar-refractivity contribution is 7.93. The van der Waals surface area contributed by atoms with Crippen molar-refractivity contribution in [1.82, 2.24) is 0 Å². The van der Waals surface area contributed by atoms with Crippen LogP contribution in [-0.2, 0) is 26.0 Å². The summed E-state index contributed by atoms with van der Waals surface area (Å²) in [4.78, 5) is 12.3. The second-order valence-electron chi connectivity index (χ2n) is 7.19. The predicted octanol–water partition coefficient (Wildman–Crippen LogP) is 3.93. The summed E-state index contributed by atoms with van der Waals surface area (Å²) in [5, 5.41) is 0. The van der Waals surface area contributed by atoms with Gasteiger partial charge in [0.15, 0.2) is 0 Å². The normalized spacial score (nSPS) is 15.4. The van der Waals surface area contributed by atoms with Crippen LogP contribution in [-0.4, -0.2) is 34.6 Å². The van der Waals surface area contributed by atoms with E-state index in [-0.39, 0.29) is 16.9 Å². The number of hydrogen-bond donors (Lipinski definition) is 0. The summed E-state index contributed by atoms with van der Waals surface area (Å²) in [6.45, 7) is 0. The first-order chi connectivity index (χ1) is 15.3. The van der Waals surface area contributed by atoms with Gasteiger partial charge >= 0.3 is 5.97 Å². The number of nitrogens with zero attached hydrogens (tertiary/aromatic N) is 1. The fourth-order valence-corrected chi connectivity index (χ4v) is 5.42. The van der Waals surface area contributed by atoms with Crippen LogP contribution in [0, 0.1) is 11.6 Å². The van der Waals surface area contributed by atoms with Crippen LogP contribution in [0.25, 0.3) is 11.1 Å². The molecule has 9 heteroatoms. The van der Waals surface area contributed by atoms with Crippen molar-refractivity contribution in [3.05, 3.63) is 77.9 Å². The molecule has 0 spiro atoms. The number of hydrogen-bond acceptors (Lipinski definition) is 5.